The molecule has 0 unspecified atom stereocenters. The van der Waals surface area contributed by atoms with Gasteiger partial charge in [-0.3, -0.25) is 14.4 Å². The first-order valence-electron chi connectivity index (χ1n) is 10.0. The summed E-state index contributed by atoms with van der Waals surface area (Å²) >= 11 is 0. The minimum atomic E-state index is -0.689. The van der Waals surface area contributed by atoms with Crippen molar-refractivity contribution >= 4 is 17.6 Å². The van der Waals surface area contributed by atoms with E-state index in [1.807, 2.05) is 25.1 Å². The number of hydrogen-bond donors (Lipinski definition) is 1. The van der Waals surface area contributed by atoms with Gasteiger partial charge >= 0.3 is 0 Å². The lowest BCUT2D eigenvalue weighted by atomic mass is 9.84. The highest BCUT2D eigenvalue weighted by molar-refractivity contribution is 6.38. The van der Waals surface area contributed by atoms with Crippen LogP contribution in [0.3, 0.4) is 0 Å². The first-order chi connectivity index (χ1) is 12.9. The molecule has 0 bridgehead atoms. The van der Waals surface area contributed by atoms with Crippen LogP contribution in [0.15, 0.2) is 30.3 Å². The SMILES string of the molecule is CCC(C)(C)C(=O)C(=O)N1CCCC[C@H]1C(=O)NCCCc1ccccc1. The highest BCUT2D eigenvalue weighted by Crippen LogP contribution is 2.25. The second-order valence-corrected chi connectivity index (χ2v) is 7.96. The van der Waals surface area contributed by atoms with Crippen molar-refractivity contribution in [2.45, 2.75) is 65.3 Å². The Balaban J connectivity index is 1.90. The molecule has 1 fully saturated rings. The van der Waals surface area contributed by atoms with Crippen molar-refractivity contribution in [3.63, 3.8) is 0 Å². The molecule has 1 heterocycles. The number of nitrogens with one attached hydrogen (secondary N) is 1. The molecule has 148 valence electrons. The molecule has 2 rings (SSSR count). The number of carbonyl (C=O) groups is 3. The summed E-state index contributed by atoms with van der Waals surface area (Å²) in [6.45, 7) is 6.52. The summed E-state index contributed by atoms with van der Waals surface area (Å²) in [6, 6.07) is 9.62. The highest BCUT2D eigenvalue weighted by Gasteiger charge is 2.39. The van der Waals surface area contributed by atoms with Crippen molar-refractivity contribution in [2.75, 3.05) is 13.1 Å². The molecule has 1 N–H and O–H groups in total. The Kier molecular flexibility index (Phi) is 7.57. The molecule has 1 saturated heterocycles. The van der Waals surface area contributed by atoms with Crippen molar-refractivity contribution in [3.05, 3.63) is 35.9 Å². The van der Waals surface area contributed by atoms with Gasteiger partial charge in [0.2, 0.25) is 11.7 Å². The Labute approximate surface area is 162 Å². The Morgan fingerprint density at radius 1 is 1.15 bits per heavy atom. The third-order valence-corrected chi connectivity index (χ3v) is 5.54. The fourth-order valence-corrected chi connectivity index (χ4v) is 3.29. The number of hydrogen-bond acceptors (Lipinski definition) is 3. The number of nitrogens with zero attached hydrogens (tertiary/aromatic N) is 1. The van der Waals surface area contributed by atoms with E-state index in [4.69, 9.17) is 0 Å². The molecule has 1 aliphatic heterocycles. The largest absolute Gasteiger partial charge is 0.354 e. The van der Waals surface area contributed by atoms with E-state index < -0.39 is 23.1 Å². The summed E-state index contributed by atoms with van der Waals surface area (Å²) in [5, 5.41) is 2.96. The Bertz CT molecular complexity index is 655. The predicted molar refractivity (Wildman–Crippen MR) is 106 cm³/mol. The second-order valence-electron chi connectivity index (χ2n) is 7.96. The van der Waals surface area contributed by atoms with Crippen LogP contribution >= 0.6 is 0 Å². The number of Topliss-reactive ketones (excluding diaryl/α,β-unsaturated/α-hetero) is 1. The first-order valence-corrected chi connectivity index (χ1v) is 10.0. The summed E-state index contributed by atoms with van der Waals surface area (Å²) in [5.41, 5.74) is 0.555. The lowest BCUT2D eigenvalue weighted by Crippen LogP contribution is -2.55. The number of piperidine rings is 1. The summed E-state index contributed by atoms with van der Waals surface area (Å²) in [5.74, 6) is -1.04. The predicted octanol–water partition coefficient (Wildman–Crippen LogP) is 3.12. The molecule has 5 heteroatoms. The van der Waals surface area contributed by atoms with E-state index in [9.17, 15) is 14.4 Å². The molecule has 1 aromatic rings. The normalized spacial score (nSPS) is 17.4. The van der Waals surface area contributed by atoms with Crippen LogP contribution in [-0.4, -0.2) is 41.6 Å². The number of benzene rings is 1. The fraction of sp³-hybridized carbons (Fsp3) is 0.591. The maximum Gasteiger partial charge on any atom is 0.291 e. The minimum absolute atomic E-state index is 0.141. The van der Waals surface area contributed by atoms with Gasteiger partial charge in [-0.1, -0.05) is 51.1 Å². The smallest absolute Gasteiger partial charge is 0.291 e. The molecule has 1 aliphatic rings. The van der Waals surface area contributed by atoms with Crippen LogP contribution in [0.4, 0.5) is 0 Å². The van der Waals surface area contributed by atoms with Gasteiger partial charge < -0.3 is 10.2 Å². The molecule has 1 aromatic carbocycles. The number of carbonyl (C=O) groups excluding carboxylic acids is 3. The summed E-state index contributed by atoms with van der Waals surface area (Å²) in [6.07, 6.45) is 4.70. The summed E-state index contributed by atoms with van der Waals surface area (Å²) in [4.78, 5) is 39.4. The van der Waals surface area contributed by atoms with Gasteiger partial charge in [0, 0.05) is 18.5 Å². The molecular formula is C22H32N2O3. The molecule has 0 aliphatic carbocycles. The van der Waals surface area contributed by atoms with Crippen molar-refractivity contribution in [1.29, 1.82) is 0 Å². The lowest BCUT2D eigenvalue weighted by molar-refractivity contribution is -0.153. The van der Waals surface area contributed by atoms with E-state index in [2.05, 4.69) is 17.4 Å². The number of amides is 2. The van der Waals surface area contributed by atoms with Gasteiger partial charge in [0.1, 0.15) is 6.04 Å². The van der Waals surface area contributed by atoms with E-state index in [0.29, 0.717) is 25.9 Å². The zero-order valence-electron chi connectivity index (χ0n) is 16.8. The third-order valence-electron chi connectivity index (χ3n) is 5.54. The number of likely N-dealkylation sites (tertiary alicyclic amines) is 1. The molecule has 0 radical (unpaired) electrons. The van der Waals surface area contributed by atoms with Gasteiger partial charge in [0.05, 0.1) is 0 Å². The molecular weight excluding hydrogens is 340 g/mol. The second kappa shape index (κ2) is 9.67. The van der Waals surface area contributed by atoms with E-state index in [1.54, 1.807) is 13.8 Å². The summed E-state index contributed by atoms with van der Waals surface area (Å²) < 4.78 is 0. The van der Waals surface area contributed by atoms with Crippen LogP contribution < -0.4 is 5.32 Å². The zero-order valence-corrected chi connectivity index (χ0v) is 16.8. The topological polar surface area (TPSA) is 66.5 Å². The summed E-state index contributed by atoms with van der Waals surface area (Å²) in [7, 11) is 0. The monoisotopic (exact) mass is 372 g/mol. The van der Waals surface area contributed by atoms with Gasteiger partial charge in [0.15, 0.2) is 0 Å². The van der Waals surface area contributed by atoms with Gasteiger partial charge in [-0.25, -0.2) is 0 Å². The van der Waals surface area contributed by atoms with Crippen LogP contribution in [-0.2, 0) is 20.8 Å². The Morgan fingerprint density at radius 3 is 2.52 bits per heavy atom. The van der Waals surface area contributed by atoms with Gasteiger partial charge in [-0.2, -0.15) is 0 Å². The van der Waals surface area contributed by atoms with Gasteiger partial charge in [-0.15, -0.1) is 0 Å². The number of aryl methyl sites for hydroxylation is 1. The van der Waals surface area contributed by atoms with Crippen molar-refractivity contribution in [3.8, 4) is 0 Å². The number of ketones is 1. The van der Waals surface area contributed by atoms with Crippen molar-refractivity contribution in [2.24, 2.45) is 5.41 Å². The third kappa shape index (κ3) is 5.65. The minimum Gasteiger partial charge on any atom is -0.354 e. The highest BCUT2D eigenvalue weighted by atomic mass is 16.2. The molecule has 27 heavy (non-hydrogen) atoms. The average molecular weight is 373 g/mol. The maximum atomic E-state index is 12.7. The van der Waals surface area contributed by atoms with E-state index in [-0.39, 0.29) is 5.91 Å². The molecule has 0 spiro atoms. The van der Waals surface area contributed by atoms with Crippen LogP contribution in [0.5, 0.6) is 0 Å². The van der Waals surface area contributed by atoms with E-state index >= 15 is 0 Å². The molecule has 0 aromatic heterocycles. The van der Waals surface area contributed by atoms with Crippen LogP contribution in [0, 0.1) is 5.41 Å². The van der Waals surface area contributed by atoms with Crippen LogP contribution in [0.25, 0.3) is 0 Å². The molecule has 1 atom stereocenters. The van der Waals surface area contributed by atoms with E-state index in [1.165, 1.54) is 10.5 Å². The van der Waals surface area contributed by atoms with Crippen molar-refractivity contribution in [1.82, 2.24) is 10.2 Å². The quantitative estimate of drug-likeness (QED) is 0.563. The molecule has 5 nitrogen and oxygen atoms in total. The van der Waals surface area contributed by atoms with Gasteiger partial charge in [-0.05, 0) is 44.1 Å². The zero-order chi connectivity index (χ0) is 19.9. The van der Waals surface area contributed by atoms with Crippen LogP contribution in [0.2, 0.25) is 0 Å². The van der Waals surface area contributed by atoms with Crippen LogP contribution in [0.1, 0.15) is 58.4 Å². The maximum absolute atomic E-state index is 12.7. The Hall–Kier alpha value is -2.17. The Morgan fingerprint density at radius 2 is 1.85 bits per heavy atom. The first kappa shape index (κ1) is 21.1. The van der Waals surface area contributed by atoms with Gasteiger partial charge in [0.25, 0.3) is 5.91 Å². The van der Waals surface area contributed by atoms with E-state index in [0.717, 1.165) is 25.7 Å². The fourth-order valence-electron chi connectivity index (χ4n) is 3.29. The number of rotatable bonds is 8. The molecule has 2 amide bonds. The lowest BCUT2D eigenvalue weighted by Gasteiger charge is -2.36. The molecule has 0 saturated carbocycles. The van der Waals surface area contributed by atoms with Crippen molar-refractivity contribution < 1.29 is 14.4 Å². The average Bonchev–Trinajstić information content (AvgIpc) is 2.70. The standard InChI is InChI=1S/C22H32N2O3/c1-4-22(2,3)19(25)21(27)24-16-9-8-14-18(24)20(26)23-15-10-13-17-11-6-5-7-12-17/h5-7,11-12,18H,4,8-10,13-16H2,1-3H3,(H,23,26)/t18-/m0/s1.